The quantitative estimate of drug-likeness (QED) is 0.855. The van der Waals surface area contributed by atoms with E-state index in [4.69, 9.17) is 0 Å². The van der Waals surface area contributed by atoms with Gasteiger partial charge in [-0.1, -0.05) is 18.2 Å². The molecule has 0 amide bonds. The van der Waals surface area contributed by atoms with E-state index in [2.05, 4.69) is 10.4 Å². The van der Waals surface area contributed by atoms with Crippen molar-refractivity contribution >= 4 is 0 Å². The average molecular weight is 283 g/mol. The van der Waals surface area contributed by atoms with Crippen LogP contribution in [0.5, 0.6) is 0 Å². The molecule has 0 saturated carbocycles. The van der Waals surface area contributed by atoms with Crippen molar-refractivity contribution in [3.63, 3.8) is 0 Å². The van der Waals surface area contributed by atoms with E-state index in [0.29, 0.717) is 18.7 Å². The van der Waals surface area contributed by atoms with Crippen molar-refractivity contribution in [2.24, 2.45) is 7.05 Å². The van der Waals surface area contributed by atoms with Crippen LogP contribution in [0.3, 0.4) is 0 Å². The molecule has 20 heavy (non-hydrogen) atoms. The lowest BCUT2D eigenvalue weighted by atomic mass is 10.1. The molecule has 1 aromatic heterocycles. The van der Waals surface area contributed by atoms with Gasteiger partial charge in [-0.05, 0) is 17.7 Å². The second-order valence-electron chi connectivity index (χ2n) is 4.57. The van der Waals surface area contributed by atoms with Gasteiger partial charge >= 0.3 is 6.18 Å². The van der Waals surface area contributed by atoms with E-state index in [-0.39, 0.29) is 0 Å². The molecule has 0 saturated heterocycles. The molecule has 3 nitrogen and oxygen atoms in total. The van der Waals surface area contributed by atoms with E-state index < -0.39 is 11.7 Å². The Balaban J connectivity index is 1.84. The minimum Gasteiger partial charge on any atom is -0.312 e. The van der Waals surface area contributed by atoms with E-state index >= 15 is 0 Å². The fourth-order valence-corrected chi connectivity index (χ4v) is 1.95. The van der Waals surface area contributed by atoms with Crippen molar-refractivity contribution in [1.29, 1.82) is 0 Å². The van der Waals surface area contributed by atoms with Crippen LogP contribution < -0.4 is 5.32 Å². The zero-order chi connectivity index (χ0) is 14.6. The Kier molecular flexibility index (Phi) is 4.44. The van der Waals surface area contributed by atoms with Gasteiger partial charge in [-0.2, -0.15) is 18.3 Å². The Hall–Kier alpha value is -1.82. The Morgan fingerprint density at radius 3 is 2.70 bits per heavy atom. The molecule has 2 aromatic rings. The number of nitrogens with one attached hydrogen (secondary N) is 1. The maximum Gasteiger partial charge on any atom is 0.416 e. The van der Waals surface area contributed by atoms with Crippen LogP contribution in [0.1, 0.15) is 16.8 Å². The molecule has 0 unspecified atom stereocenters. The summed E-state index contributed by atoms with van der Waals surface area (Å²) < 4.78 is 39.5. The third kappa shape index (κ3) is 3.84. The van der Waals surface area contributed by atoms with Crippen molar-refractivity contribution in [2.75, 3.05) is 6.54 Å². The van der Waals surface area contributed by atoms with Gasteiger partial charge in [0.15, 0.2) is 0 Å². The van der Waals surface area contributed by atoms with Crippen LogP contribution in [0.25, 0.3) is 0 Å². The summed E-state index contributed by atoms with van der Waals surface area (Å²) in [5, 5.41) is 7.19. The number of rotatable bonds is 5. The number of hydrogen-bond acceptors (Lipinski definition) is 2. The topological polar surface area (TPSA) is 29.9 Å². The number of nitrogens with zero attached hydrogens (tertiary/aromatic N) is 2. The summed E-state index contributed by atoms with van der Waals surface area (Å²) in [7, 11) is 1.86. The first-order chi connectivity index (χ1) is 9.47. The standard InChI is InChI=1S/C14H16F3N3/c1-20-13(6-8-19-20)5-7-18-10-11-3-2-4-12(9-11)14(15,16)17/h2-4,6,8-9,18H,5,7,10H2,1H3. The fourth-order valence-electron chi connectivity index (χ4n) is 1.95. The van der Waals surface area contributed by atoms with Gasteiger partial charge < -0.3 is 5.32 Å². The van der Waals surface area contributed by atoms with E-state index in [9.17, 15) is 13.2 Å². The van der Waals surface area contributed by atoms with Crippen LogP contribution in [0.2, 0.25) is 0 Å². The molecule has 0 radical (unpaired) electrons. The molecule has 1 aromatic carbocycles. The second kappa shape index (κ2) is 6.09. The number of alkyl halides is 3. The van der Waals surface area contributed by atoms with Gasteiger partial charge in [-0.3, -0.25) is 4.68 Å². The summed E-state index contributed by atoms with van der Waals surface area (Å²) in [6.07, 6.45) is -1.78. The van der Waals surface area contributed by atoms with E-state index in [0.717, 1.165) is 18.2 Å². The Bertz CT molecular complexity index is 561. The average Bonchev–Trinajstić information content (AvgIpc) is 2.80. The summed E-state index contributed by atoms with van der Waals surface area (Å²) in [6.45, 7) is 1.11. The molecule has 0 atom stereocenters. The summed E-state index contributed by atoms with van der Waals surface area (Å²) in [4.78, 5) is 0. The number of halogens is 3. The highest BCUT2D eigenvalue weighted by Crippen LogP contribution is 2.29. The van der Waals surface area contributed by atoms with Crippen molar-refractivity contribution in [3.05, 3.63) is 53.3 Å². The SMILES string of the molecule is Cn1nccc1CCNCc1cccc(C(F)(F)F)c1. The number of aryl methyl sites for hydroxylation is 1. The fraction of sp³-hybridized carbons (Fsp3) is 0.357. The van der Waals surface area contributed by atoms with Crippen molar-refractivity contribution in [2.45, 2.75) is 19.1 Å². The molecule has 0 aliphatic heterocycles. The number of hydrogen-bond donors (Lipinski definition) is 1. The highest BCUT2D eigenvalue weighted by molar-refractivity contribution is 5.25. The molecule has 108 valence electrons. The van der Waals surface area contributed by atoms with Gasteiger partial charge in [0.25, 0.3) is 0 Å². The molecule has 0 aliphatic rings. The first-order valence-electron chi connectivity index (χ1n) is 6.30. The van der Waals surface area contributed by atoms with Gasteiger partial charge in [-0.15, -0.1) is 0 Å². The maximum atomic E-state index is 12.6. The molecule has 0 aliphatic carbocycles. The summed E-state index contributed by atoms with van der Waals surface area (Å²) in [5.41, 5.74) is 1.11. The molecule has 1 N–H and O–H groups in total. The van der Waals surface area contributed by atoms with Gasteiger partial charge in [0.1, 0.15) is 0 Å². The summed E-state index contributed by atoms with van der Waals surface area (Å²) >= 11 is 0. The Morgan fingerprint density at radius 1 is 1.25 bits per heavy atom. The monoisotopic (exact) mass is 283 g/mol. The largest absolute Gasteiger partial charge is 0.416 e. The molecule has 0 bridgehead atoms. The third-order valence-electron chi connectivity index (χ3n) is 3.06. The lowest BCUT2D eigenvalue weighted by Crippen LogP contribution is -2.18. The van der Waals surface area contributed by atoms with Gasteiger partial charge in [0.2, 0.25) is 0 Å². The van der Waals surface area contributed by atoms with Crippen LogP contribution in [0.15, 0.2) is 36.5 Å². The van der Waals surface area contributed by atoms with Gasteiger partial charge in [0, 0.05) is 38.4 Å². The van der Waals surface area contributed by atoms with Crippen molar-refractivity contribution in [1.82, 2.24) is 15.1 Å². The van der Waals surface area contributed by atoms with Crippen LogP contribution in [0.4, 0.5) is 13.2 Å². The van der Waals surface area contributed by atoms with Crippen molar-refractivity contribution < 1.29 is 13.2 Å². The first-order valence-corrected chi connectivity index (χ1v) is 6.30. The third-order valence-corrected chi connectivity index (χ3v) is 3.06. The zero-order valence-corrected chi connectivity index (χ0v) is 11.1. The summed E-state index contributed by atoms with van der Waals surface area (Å²) in [6, 6.07) is 7.30. The molecule has 1 heterocycles. The smallest absolute Gasteiger partial charge is 0.312 e. The molecular formula is C14H16F3N3. The molecule has 0 spiro atoms. The molecule has 6 heteroatoms. The molecule has 2 rings (SSSR count). The minimum atomic E-state index is -4.29. The van der Waals surface area contributed by atoms with Gasteiger partial charge in [-0.25, -0.2) is 0 Å². The highest BCUT2D eigenvalue weighted by atomic mass is 19.4. The number of aromatic nitrogens is 2. The predicted octanol–water partition coefficient (Wildman–Crippen LogP) is 2.77. The van der Waals surface area contributed by atoms with E-state index in [1.54, 1.807) is 16.9 Å². The lowest BCUT2D eigenvalue weighted by molar-refractivity contribution is -0.137. The maximum absolute atomic E-state index is 12.6. The van der Waals surface area contributed by atoms with E-state index in [1.807, 2.05) is 13.1 Å². The van der Waals surface area contributed by atoms with Crippen molar-refractivity contribution in [3.8, 4) is 0 Å². The van der Waals surface area contributed by atoms with Crippen LogP contribution >= 0.6 is 0 Å². The first kappa shape index (κ1) is 14.6. The van der Waals surface area contributed by atoms with E-state index in [1.165, 1.54) is 12.1 Å². The van der Waals surface area contributed by atoms with Gasteiger partial charge in [0.05, 0.1) is 5.56 Å². The second-order valence-corrected chi connectivity index (χ2v) is 4.57. The molecular weight excluding hydrogens is 267 g/mol. The Morgan fingerprint density at radius 2 is 2.05 bits per heavy atom. The lowest BCUT2D eigenvalue weighted by Gasteiger charge is -2.09. The highest BCUT2D eigenvalue weighted by Gasteiger charge is 2.30. The normalized spacial score (nSPS) is 11.8. The predicted molar refractivity (Wildman–Crippen MR) is 70.1 cm³/mol. The summed E-state index contributed by atoms with van der Waals surface area (Å²) in [5.74, 6) is 0. The Labute approximate surface area is 115 Å². The minimum absolute atomic E-state index is 0.418. The van der Waals surface area contributed by atoms with Crippen LogP contribution in [-0.2, 0) is 26.2 Å². The van der Waals surface area contributed by atoms with Crippen LogP contribution in [-0.4, -0.2) is 16.3 Å². The number of benzene rings is 1. The van der Waals surface area contributed by atoms with Crippen LogP contribution in [0, 0.1) is 0 Å². The zero-order valence-electron chi connectivity index (χ0n) is 11.1. The molecule has 0 fully saturated rings.